The van der Waals surface area contributed by atoms with Crippen LogP contribution in [-0.4, -0.2) is 19.7 Å². The highest BCUT2D eigenvalue weighted by molar-refractivity contribution is 9.10. The first kappa shape index (κ1) is 10.6. The van der Waals surface area contributed by atoms with Gasteiger partial charge in [0, 0.05) is 22.3 Å². The molecule has 2 rings (SSSR count). The molecule has 1 heterocycles. The predicted octanol–water partition coefficient (Wildman–Crippen LogP) is 2.40. The number of nitrogens with zero attached hydrogens (tertiary/aromatic N) is 1. The lowest BCUT2D eigenvalue weighted by molar-refractivity contribution is 0.601. The van der Waals surface area contributed by atoms with E-state index in [1.54, 1.807) is 6.07 Å². The second-order valence-electron chi connectivity index (χ2n) is 3.25. The van der Waals surface area contributed by atoms with Crippen LogP contribution in [0, 0.1) is 0 Å². The summed E-state index contributed by atoms with van der Waals surface area (Å²) in [5, 5.41) is 0.812. The van der Waals surface area contributed by atoms with Gasteiger partial charge in [0.05, 0.1) is 10.4 Å². The zero-order valence-corrected chi connectivity index (χ0v) is 10.3. The summed E-state index contributed by atoms with van der Waals surface area (Å²) in [4.78, 5) is 4.36. The number of fused-ring (bicyclic) bond motifs is 1. The minimum atomic E-state index is -3.18. The third-order valence-electron chi connectivity index (χ3n) is 2.06. The van der Waals surface area contributed by atoms with Gasteiger partial charge in [-0.2, -0.15) is 0 Å². The number of aromatic nitrogens is 1. The quantitative estimate of drug-likeness (QED) is 0.808. The van der Waals surface area contributed by atoms with Gasteiger partial charge in [-0.25, -0.2) is 8.42 Å². The van der Waals surface area contributed by atoms with Crippen LogP contribution in [0.25, 0.3) is 10.9 Å². The van der Waals surface area contributed by atoms with Crippen molar-refractivity contribution in [1.82, 2.24) is 4.98 Å². The summed E-state index contributed by atoms with van der Waals surface area (Å²) in [7, 11) is -3.18. The maximum absolute atomic E-state index is 11.3. The molecular weight excluding hydrogens is 278 g/mol. The van der Waals surface area contributed by atoms with E-state index in [-0.39, 0.29) is 4.90 Å². The van der Waals surface area contributed by atoms with Crippen LogP contribution in [0.3, 0.4) is 0 Å². The Morgan fingerprint density at radius 1 is 1.33 bits per heavy atom. The maximum Gasteiger partial charge on any atom is 0.177 e. The van der Waals surface area contributed by atoms with E-state index < -0.39 is 9.84 Å². The molecular formula is C10H8BrNO2S. The second-order valence-corrected chi connectivity index (χ2v) is 6.12. The summed E-state index contributed by atoms with van der Waals surface area (Å²) in [6, 6.07) is 7.18. The smallest absolute Gasteiger partial charge is 0.177 e. The molecule has 1 aromatic heterocycles. The second kappa shape index (κ2) is 3.57. The van der Waals surface area contributed by atoms with Crippen LogP contribution in [0.2, 0.25) is 0 Å². The molecule has 78 valence electrons. The third kappa shape index (κ3) is 2.03. The molecule has 2 aromatic rings. The van der Waals surface area contributed by atoms with E-state index in [9.17, 15) is 8.42 Å². The molecule has 5 heteroatoms. The molecule has 0 unspecified atom stereocenters. The minimum absolute atomic E-state index is 0.244. The van der Waals surface area contributed by atoms with Crippen LogP contribution < -0.4 is 0 Å². The molecule has 0 radical (unpaired) electrons. The van der Waals surface area contributed by atoms with Gasteiger partial charge in [0.25, 0.3) is 0 Å². The number of halogens is 1. The normalized spacial score (nSPS) is 11.9. The highest BCUT2D eigenvalue weighted by Gasteiger charge is 2.09. The summed E-state index contributed by atoms with van der Waals surface area (Å²) >= 11 is 3.36. The van der Waals surface area contributed by atoms with Gasteiger partial charge in [0.2, 0.25) is 0 Å². The lowest BCUT2D eigenvalue weighted by Crippen LogP contribution is -1.97. The average molecular weight is 286 g/mol. The van der Waals surface area contributed by atoms with Gasteiger partial charge in [-0.1, -0.05) is 12.1 Å². The first-order chi connectivity index (χ1) is 6.98. The Labute approximate surface area is 96.2 Å². The van der Waals surface area contributed by atoms with E-state index >= 15 is 0 Å². The van der Waals surface area contributed by atoms with Crippen LogP contribution in [0.4, 0.5) is 0 Å². The lowest BCUT2D eigenvalue weighted by Gasteiger charge is -2.02. The van der Waals surface area contributed by atoms with E-state index in [0.29, 0.717) is 0 Å². The molecule has 0 aliphatic rings. The van der Waals surface area contributed by atoms with Crippen molar-refractivity contribution in [3.05, 3.63) is 34.9 Å². The SMILES string of the molecule is CS(=O)(=O)c1cnc2c(Br)cccc2c1. The van der Waals surface area contributed by atoms with Gasteiger partial charge in [0.1, 0.15) is 0 Å². The fourth-order valence-corrected chi connectivity index (χ4v) is 2.38. The third-order valence-corrected chi connectivity index (χ3v) is 3.78. The first-order valence-electron chi connectivity index (χ1n) is 4.23. The molecule has 0 amide bonds. The van der Waals surface area contributed by atoms with Gasteiger partial charge < -0.3 is 0 Å². The zero-order chi connectivity index (χ0) is 11.1. The van der Waals surface area contributed by atoms with Crippen molar-refractivity contribution in [3.63, 3.8) is 0 Å². The molecule has 3 nitrogen and oxygen atoms in total. The summed E-state index contributed by atoms with van der Waals surface area (Å²) < 4.78 is 23.5. The molecule has 0 aliphatic carbocycles. The Morgan fingerprint density at radius 2 is 2.07 bits per heavy atom. The van der Waals surface area contributed by atoms with Gasteiger partial charge in [-0.15, -0.1) is 0 Å². The molecule has 0 saturated heterocycles. The summed E-state index contributed by atoms with van der Waals surface area (Å²) in [6.07, 6.45) is 2.55. The van der Waals surface area contributed by atoms with E-state index in [4.69, 9.17) is 0 Å². The first-order valence-corrected chi connectivity index (χ1v) is 6.91. The van der Waals surface area contributed by atoms with Crippen molar-refractivity contribution in [1.29, 1.82) is 0 Å². The number of sulfone groups is 1. The maximum atomic E-state index is 11.3. The van der Waals surface area contributed by atoms with Gasteiger partial charge in [0.15, 0.2) is 9.84 Å². The highest BCUT2D eigenvalue weighted by Crippen LogP contribution is 2.23. The van der Waals surface area contributed by atoms with Gasteiger partial charge in [-0.05, 0) is 28.1 Å². The van der Waals surface area contributed by atoms with Gasteiger partial charge >= 0.3 is 0 Å². The number of hydrogen-bond donors (Lipinski definition) is 0. The highest BCUT2D eigenvalue weighted by atomic mass is 79.9. The predicted molar refractivity (Wildman–Crippen MR) is 62.6 cm³/mol. The van der Waals surface area contributed by atoms with Crippen molar-refractivity contribution >= 4 is 36.7 Å². The molecule has 0 spiro atoms. The summed E-state index contributed by atoms with van der Waals surface area (Å²) in [6.45, 7) is 0. The van der Waals surface area contributed by atoms with Crippen LogP contribution in [0.15, 0.2) is 39.8 Å². The van der Waals surface area contributed by atoms with E-state index in [2.05, 4.69) is 20.9 Å². The number of rotatable bonds is 1. The minimum Gasteiger partial charge on any atom is -0.254 e. The number of hydrogen-bond acceptors (Lipinski definition) is 3. The van der Waals surface area contributed by atoms with Gasteiger partial charge in [-0.3, -0.25) is 4.98 Å². The monoisotopic (exact) mass is 285 g/mol. The Morgan fingerprint density at radius 3 is 2.73 bits per heavy atom. The summed E-state index contributed by atoms with van der Waals surface area (Å²) in [5.74, 6) is 0. The van der Waals surface area contributed by atoms with Crippen molar-refractivity contribution in [2.24, 2.45) is 0 Å². The molecule has 0 bridgehead atoms. The molecule has 0 atom stereocenters. The van der Waals surface area contributed by atoms with Crippen molar-refractivity contribution in [2.75, 3.05) is 6.26 Å². The van der Waals surface area contributed by atoms with Crippen LogP contribution in [0.5, 0.6) is 0 Å². The standard InChI is InChI=1S/C10H8BrNO2S/c1-15(13,14)8-5-7-3-2-4-9(11)10(7)12-6-8/h2-6H,1H3. The summed E-state index contributed by atoms with van der Waals surface area (Å²) in [5.41, 5.74) is 0.768. The fourth-order valence-electron chi connectivity index (χ4n) is 1.31. The number of para-hydroxylation sites is 1. The molecule has 0 saturated carbocycles. The Kier molecular flexibility index (Phi) is 2.52. The van der Waals surface area contributed by atoms with Crippen molar-refractivity contribution in [2.45, 2.75) is 4.90 Å². The van der Waals surface area contributed by atoms with Crippen LogP contribution in [0.1, 0.15) is 0 Å². The number of pyridine rings is 1. The molecule has 1 aromatic carbocycles. The van der Waals surface area contributed by atoms with Crippen molar-refractivity contribution < 1.29 is 8.42 Å². The van der Waals surface area contributed by atoms with E-state index in [1.807, 2.05) is 18.2 Å². The fraction of sp³-hybridized carbons (Fsp3) is 0.100. The topological polar surface area (TPSA) is 47.0 Å². The molecule has 0 fully saturated rings. The van der Waals surface area contributed by atoms with E-state index in [1.165, 1.54) is 12.5 Å². The molecule has 0 aliphatic heterocycles. The zero-order valence-electron chi connectivity index (χ0n) is 7.94. The van der Waals surface area contributed by atoms with Crippen molar-refractivity contribution in [3.8, 4) is 0 Å². The Hall–Kier alpha value is -0.940. The lowest BCUT2D eigenvalue weighted by atomic mass is 10.2. The largest absolute Gasteiger partial charge is 0.254 e. The molecule has 15 heavy (non-hydrogen) atoms. The molecule has 0 N–H and O–H groups in total. The van der Waals surface area contributed by atoms with Crippen LogP contribution >= 0.6 is 15.9 Å². The average Bonchev–Trinajstić information content (AvgIpc) is 2.16. The Balaban J connectivity index is 2.79. The number of benzene rings is 1. The van der Waals surface area contributed by atoms with E-state index in [0.717, 1.165) is 15.4 Å². The Bertz CT molecular complexity index is 622. The van der Waals surface area contributed by atoms with Crippen LogP contribution in [-0.2, 0) is 9.84 Å².